The zero-order chi connectivity index (χ0) is 32.0. The van der Waals surface area contributed by atoms with Gasteiger partial charge in [0.05, 0.1) is 12.2 Å². The Kier molecular flexibility index (Phi) is 7.94. The number of benzene rings is 1. The van der Waals surface area contributed by atoms with Crippen LogP contribution in [0.15, 0.2) is 66.1 Å². The van der Waals surface area contributed by atoms with Gasteiger partial charge in [-0.1, -0.05) is 12.1 Å². The van der Waals surface area contributed by atoms with Crippen LogP contribution in [0.5, 0.6) is 0 Å². The number of rotatable bonds is 7. The molecule has 0 amide bonds. The minimum absolute atomic E-state index is 0.0245. The van der Waals surface area contributed by atoms with Crippen LogP contribution in [-0.4, -0.2) is 73.7 Å². The van der Waals surface area contributed by atoms with E-state index in [9.17, 15) is 23.1 Å². The monoisotopic (exact) mass is 622 g/mol. The van der Waals surface area contributed by atoms with Gasteiger partial charge in [-0.25, -0.2) is 19.3 Å². The van der Waals surface area contributed by atoms with Gasteiger partial charge in [-0.05, 0) is 94.6 Å². The molecule has 0 bridgehead atoms. The van der Waals surface area contributed by atoms with Crippen molar-refractivity contribution in [3.8, 4) is 5.82 Å². The fourth-order valence-electron chi connectivity index (χ4n) is 6.28. The lowest BCUT2D eigenvalue weighted by Gasteiger charge is -2.46. The fraction of sp³-hybridized carbons (Fsp3) is 0.438. The zero-order valence-electron chi connectivity index (χ0n) is 25.4. The van der Waals surface area contributed by atoms with Crippen molar-refractivity contribution in [1.29, 1.82) is 0 Å². The van der Waals surface area contributed by atoms with Crippen molar-refractivity contribution >= 4 is 28.4 Å². The molecular formula is C32H37F3N8O2. The Balaban J connectivity index is 1.26. The molecule has 2 N–H and O–H groups in total. The van der Waals surface area contributed by atoms with Crippen molar-refractivity contribution in [2.75, 3.05) is 43.4 Å². The Morgan fingerprint density at radius 2 is 1.69 bits per heavy atom. The lowest BCUT2D eigenvalue weighted by Crippen LogP contribution is -2.46. The molecule has 0 unspecified atom stereocenters. The molecule has 2 saturated heterocycles. The molecule has 1 aromatic carbocycles. The highest BCUT2D eigenvalue weighted by Gasteiger charge is 2.52. The highest BCUT2D eigenvalue weighted by Crippen LogP contribution is 2.42. The molecule has 5 heterocycles. The largest absolute Gasteiger partial charge is 0.422 e. The summed E-state index contributed by atoms with van der Waals surface area (Å²) in [7, 11) is 2.20. The molecule has 6 rings (SSSR count). The summed E-state index contributed by atoms with van der Waals surface area (Å²) in [4.78, 5) is 31.1. The van der Waals surface area contributed by atoms with Crippen LogP contribution in [0.4, 0.5) is 30.5 Å². The first-order chi connectivity index (χ1) is 21.4. The molecule has 238 valence electrons. The average molecular weight is 623 g/mol. The summed E-state index contributed by atoms with van der Waals surface area (Å²) in [6.07, 6.45) is 2.84. The van der Waals surface area contributed by atoms with E-state index < -0.39 is 23.0 Å². The SMILES string of the molecule is C=CCn1c(=O)c2cnc(Nc3ccc(N4CCC5(CCN(C)CC5)CC4)cc3)nc2n1-c1cccc([C@](C)(O)C(F)(F)F)n1. The highest BCUT2D eigenvalue weighted by atomic mass is 19.4. The summed E-state index contributed by atoms with van der Waals surface area (Å²) < 4.78 is 43.3. The van der Waals surface area contributed by atoms with Crippen molar-refractivity contribution in [3.63, 3.8) is 0 Å². The average Bonchev–Trinajstić information content (AvgIpc) is 3.29. The second-order valence-electron chi connectivity index (χ2n) is 12.3. The molecule has 1 atom stereocenters. The minimum atomic E-state index is -4.96. The maximum atomic E-state index is 13.6. The summed E-state index contributed by atoms with van der Waals surface area (Å²) in [6.45, 7) is 8.78. The van der Waals surface area contributed by atoms with Crippen LogP contribution >= 0.6 is 0 Å². The molecule has 45 heavy (non-hydrogen) atoms. The van der Waals surface area contributed by atoms with Crippen LogP contribution < -0.4 is 15.8 Å². The molecule has 1 spiro atoms. The molecule has 2 aliphatic rings. The molecule has 4 aromatic rings. The zero-order valence-corrected chi connectivity index (χ0v) is 25.4. The van der Waals surface area contributed by atoms with Crippen LogP contribution in [0.1, 0.15) is 38.3 Å². The number of aromatic nitrogens is 5. The predicted molar refractivity (Wildman–Crippen MR) is 167 cm³/mol. The molecule has 0 radical (unpaired) electrons. The summed E-state index contributed by atoms with van der Waals surface area (Å²) in [5, 5.41) is 13.6. The van der Waals surface area contributed by atoms with E-state index >= 15 is 0 Å². The van der Waals surface area contributed by atoms with Gasteiger partial charge in [-0.3, -0.25) is 4.79 Å². The van der Waals surface area contributed by atoms with Crippen LogP contribution in [0.3, 0.4) is 0 Å². The van der Waals surface area contributed by atoms with Crippen molar-refractivity contribution in [2.45, 2.75) is 50.9 Å². The maximum absolute atomic E-state index is 13.6. The van der Waals surface area contributed by atoms with E-state index in [1.54, 1.807) is 0 Å². The van der Waals surface area contributed by atoms with E-state index in [-0.39, 0.29) is 29.3 Å². The van der Waals surface area contributed by atoms with Crippen LogP contribution in [0, 0.1) is 5.41 Å². The molecule has 0 aliphatic carbocycles. The summed E-state index contributed by atoms with van der Waals surface area (Å²) >= 11 is 0. The van der Waals surface area contributed by atoms with Crippen LogP contribution in [-0.2, 0) is 12.1 Å². The van der Waals surface area contributed by atoms with E-state index in [4.69, 9.17) is 0 Å². The molecular weight excluding hydrogens is 585 g/mol. The van der Waals surface area contributed by atoms with Crippen LogP contribution in [0.25, 0.3) is 16.9 Å². The Labute approximate surface area is 258 Å². The van der Waals surface area contributed by atoms with Gasteiger partial charge >= 0.3 is 6.18 Å². The number of hydrogen-bond acceptors (Lipinski definition) is 8. The summed E-state index contributed by atoms with van der Waals surface area (Å²) in [5.74, 6) is 0.170. The number of aliphatic hydroxyl groups is 1. The number of anilines is 3. The predicted octanol–water partition coefficient (Wildman–Crippen LogP) is 4.99. The fourth-order valence-corrected chi connectivity index (χ4v) is 6.28. The van der Waals surface area contributed by atoms with Crippen molar-refractivity contribution in [2.24, 2.45) is 5.41 Å². The maximum Gasteiger partial charge on any atom is 0.422 e. The molecule has 0 saturated carbocycles. The van der Waals surface area contributed by atoms with Gasteiger partial charge < -0.3 is 20.2 Å². The third-order valence-corrected chi connectivity index (χ3v) is 9.34. The number of nitrogens with one attached hydrogen (secondary N) is 1. The third kappa shape index (κ3) is 5.82. The van der Waals surface area contributed by atoms with E-state index in [2.05, 4.69) is 55.8 Å². The van der Waals surface area contributed by atoms with E-state index in [0.717, 1.165) is 30.5 Å². The molecule has 2 aliphatic heterocycles. The minimum Gasteiger partial charge on any atom is -0.375 e. The van der Waals surface area contributed by atoms with Crippen molar-refractivity contribution < 1.29 is 18.3 Å². The normalized spacial score (nSPS) is 18.7. The van der Waals surface area contributed by atoms with Gasteiger partial charge in [-0.15, -0.1) is 6.58 Å². The van der Waals surface area contributed by atoms with Crippen LogP contribution in [0.2, 0.25) is 0 Å². The lowest BCUT2D eigenvalue weighted by molar-refractivity contribution is -0.260. The van der Waals surface area contributed by atoms with E-state index in [1.807, 2.05) is 12.1 Å². The number of fused-ring (bicyclic) bond motifs is 1. The summed E-state index contributed by atoms with van der Waals surface area (Å²) in [5.41, 5.74) is -1.78. The molecule has 2 fully saturated rings. The first-order valence-corrected chi connectivity index (χ1v) is 15.1. The second kappa shape index (κ2) is 11.6. The Morgan fingerprint density at radius 1 is 1.02 bits per heavy atom. The number of allylic oxidation sites excluding steroid dienone is 1. The summed E-state index contributed by atoms with van der Waals surface area (Å²) in [6, 6.07) is 11.9. The Morgan fingerprint density at radius 3 is 2.33 bits per heavy atom. The third-order valence-electron chi connectivity index (χ3n) is 9.34. The number of pyridine rings is 1. The number of halogens is 3. The molecule has 13 heteroatoms. The van der Waals surface area contributed by atoms with Gasteiger partial charge in [0.2, 0.25) is 5.95 Å². The first-order valence-electron chi connectivity index (χ1n) is 15.1. The highest BCUT2D eigenvalue weighted by molar-refractivity contribution is 5.77. The van der Waals surface area contributed by atoms with Crippen molar-refractivity contribution in [1.82, 2.24) is 29.2 Å². The van der Waals surface area contributed by atoms with E-state index in [1.165, 1.54) is 72.5 Å². The number of piperidine rings is 2. The number of nitrogens with zero attached hydrogens (tertiary/aromatic N) is 7. The Bertz CT molecular complexity index is 1750. The van der Waals surface area contributed by atoms with Gasteiger partial charge in [0.25, 0.3) is 5.56 Å². The smallest absolute Gasteiger partial charge is 0.375 e. The van der Waals surface area contributed by atoms with Gasteiger partial charge in [-0.2, -0.15) is 18.2 Å². The topological polar surface area (TPSA) is 104 Å². The molecule has 10 nitrogen and oxygen atoms in total. The molecule has 3 aromatic heterocycles. The number of alkyl halides is 3. The lowest BCUT2D eigenvalue weighted by atomic mass is 9.71. The van der Waals surface area contributed by atoms with Gasteiger partial charge in [0.1, 0.15) is 5.39 Å². The second-order valence-corrected chi connectivity index (χ2v) is 12.3. The van der Waals surface area contributed by atoms with E-state index in [0.29, 0.717) is 12.3 Å². The Hall–Kier alpha value is -4.23. The first kappa shape index (κ1) is 30.8. The number of likely N-dealkylation sites (tertiary alicyclic amines) is 1. The number of hydrogen-bond donors (Lipinski definition) is 2. The van der Waals surface area contributed by atoms with Gasteiger partial charge in [0, 0.05) is 30.7 Å². The van der Waals surface area contributed by atoms with Crippen molar-refractivity contribution in [3.05, 3.63) is 77.4 Å². The quantitative estimate of drug-likeness (QED) is 0.278. The van der Waals surface area contributed by atoms with Gasteiger partial charge in [0.15, 0.2) is 17.1 Å². The standard InChI is InChI=1S/C32H37F3N8O2/c1-4-16-42-28(44)24-21-36-29(39-27(24)43(42)26-7-5-6-25(38-26)30(2,45)32(33,34)35)37-22-8-10-23(11-9-22)41-19-14-31(15-20-41)12-17-40(3)18-13-31/h4-11,21,45H,1,12-20H2,2-3H3,(H,36,37,39)/t30-/m0/s1.